The Kier molecular flexibility index (Phi) is 6.76. The summed E-state index contributed by atoms with van der Waals surface area (Å²) < 4.78 is 7.24. The van der Waals surface area contributed by atoms with Gasteiger partial charge in [-0.3, -0.25) is 9.20 Å². The highest BCUT2D eigenvalue weighted by Gasteiger charge is 2.18. The molecule has 7 nitrogen and oxygen atoms in total. The quantitative estimate of drug-likeness (QED) is 0.285. The zero-order chi connectivity index (χ0) is 23.3. The second-order valence-electron chi connectivity index (χ2n) is 8.32. The van der Waals surface area contributed by atoms with Crippen molar-refractivity contribution in [3.05, 3.63) is 60.2 Å². The number of carbonyl (C=O) groups is 1. The van der Waals surface area contributed by atoms with Gasteiger partial charge < -0.3 is 10.1 Å². The van der Waals surface area contributed by atoms with Crippen LogP contribution in [0.2, 0.25) is 0 Å². The number of rotatable bonds is 8. The minimum atomic E-state index is -0.00194. The molecule has 4 aromatic rings. The second kappa shape index (κ2) is 10.3. The topological polar surface area (TPSA) is 81.4 Å². The van der Waals surface area contributed by atoms with Crippen molar-refractivity contribution in [2.75, 3.05) is 19.4 Å². The van der Waals surface area contributed by atoms with Crippen molar-refractivity contribution in [3.63, 3.8) is 0 Å². The van der Waals surface area contributed by atoms with Crippen LogP contribution in [-0.4, -0.2) is 44.9 Å². The Morgan fingerprint density at radius 3 is 2.76 bits per heavy atom. The van der Waals surface area contributed by atoms with Crippen LogP contribution in [0.5, 0.6) is 5.75 Å². The van der Waals surface area contributed by atoms with Gasteiger partial charge in [-0.2, -0.15) is 0 Å². The molecule has 0 saturated carbocycles. The van der Waals surface area contributed by atoms with Crippen molar-refractivity contribution < 1.29 is 9.53 Å². The molecule has 0 aliphatic heterocycles. The number of nitrogens with one attached hydrogen (secondary N) is 1. The number of benzene rings is 2. The number of ether oxygens (including phenoxy) is 1. The molecule has 0 atom stereocenters. The lowest BCUT2D eigenvalue weighted by atomic mass is 9.97. The van der Waals surface area contributed by atoms with Crippen LogP contribution < -0.4 is 10.1 Å². The van der Waals surface area contributed by atoms with Crippen LogP contribution >= 0.6 is 11.8 Å². The zero-order valence-corrected chi connectivity index (χ0v) is 20.0. The molecule has 0 radical (unpaired) electrons. The van der Waals surface area contributed by atoms with Gasteiger partial charge in [0, 0.05) is 17.5 Å². The third-order valence-corrected chi connectivity index (χ3v) is 6.98. The van der Waals surface area contributed by atoms with E-state index in [1.807, 2.05) is 52.9 Å². The summed E-state index contributed by atoms with van der Waals surface area (Å²) in [7, 11) is 1.65. The largest absolute Gasteiger partial charge is 0.497 e. The highest BCUT2D eigenvalue weighted by Crippen LogP contribution is 2.30. The van der Waals surface area contributed by atoms with E-state index in [0.29, 0.717) is 11.7 Å². The van der Waals surface area contributed by atoms with Crippen LogP contribution in [0.3, 0.4) is 0 Å². The summed E-state index contributed by atoms with van der Waals surface area (Å²) >= 11 is 1.37. The maximum Gasteiger partial charge on any atom is 0.230 e. The average molecular weight is 474 g/mol. The number of hydrogen-bond donors (Lipinski definition) is 1. The van der Waals surface area contributed by atoms with E-state index in [1.165, 1.54) is 36.6 Å². The molecule has 0 fully saturated rings. The maximum atomic E-state index is 12.5. The van der Waals surface area contributed by atoms with E-state index in [2.05, 4.69) is 21.6 Å². The van der Waals surface area contributed by atoms with Crippen LogP contribution in [0.25, 0.3) is 27.9 Å². The standard InChI is InChI=1S/C26H27N5O2S/c1-33-20-13-11-19(12-14-20)24-28-22-10-6-5-9-21(22)25-29-30-26(31(24)25)34-17-23(32)27-16-15-18-7-3-2-4-8-18/h5-7,9-14H,2-4,8,15-17H2,1H3,(H,27,32). The summed E-state index contributed by atoms with van der Waals surface area (Å²) in [6, 6.07) is 15.6. The maximum absolute atomic E-state index is 12.5. The molecule has 8 heteroatoms. The van der Waals surface area contributed by atoms with Crippen LogP contribution in [0.15, 0.2) is 65.3 Å². The molecule has 2 aromatic heterocycles. The number of aromatic nitrogens is 4. The molecule has 34 heavy (non-hydrogen) atoms. The fraction of sp³-hybridized carbons (Fsp3) is 0.308. The number of nitrogens with zero attached hydrogens (tertiary/aromatic N) is 4. The molecule has 0 saturated heterocycles. The number of fused-ring (bicyclic) bond motifs is 3. The van der Waals surface area contributed by atoms with Gasteiger partial charge in [0.25, 0.3) is 0 Å². The molecular weight excluding hydrogens is 446 g/mol. The summed E-state index contributed by atoms with van der Waals surface area (Å²) in [6.07, 6.45) is 8.12. The van der Waals surface area contributed by atoms with Gasteiger partial charge in [0.15, 0.2) is 10.8 Å². The summed E-state index contributed by atoms with van der Waals surface area (Å²) in [5.41, 5.74) is 3.95. The average Bonchev–Trinajstić information content (AvgIpc) is 3.32. The first kappa shape index (κ1) is 22.4. The minimum absolute atomic E-state index is 0.00194. The monoisotopic (exact) mass is 473 g/mol. The Morgan fingerprint density at radius 1 is 1.12 bits per heavy atom. The zero-order valence-electron chi connectivity index (χ0n) is 19.2. The normalized spacial score (nSPS) is 13.7. The molecule has 1 aliphatic carbocycles. The van der Waals surface area contributed by atoms with E-state index in [0.717, 1.165) is 46.5 Å². The first-order valence-electron chi connectivity index (χ1n) is 11.6. The van der Waals surface area contributed by atoms with Gasteiger partial charge in [-0.25, -0.2) is 4.98 Å². The molecule has 2 aromatic carbocycles. The number of amides is 1. The van der Waals surface area contributed by atoms with Gasteiger partial charge in [-0.1, -0.05) is 35.5 Å². The summed E-state index contributed by atoms with van der Waals surface area (Å²) in [5.74, 6) is 1.78. The summed E-state index contributed by atoms with van der Waals surface area (Å²) in [4.78, 5) is 17.4. The van der Waals surface area contributed by atoms with Crippen molar-refractivity contribution in [2.24, 2.45) is 0 Å². The lowest BCUT2D eigenvalue weighted by Crippen LogP contribution is -2.26. The van der Waals surface area contributed by atoms with Crippen LogP contribution in [0.4, 0.5) is 0 Å². The van der Waals surface area contributed by atoms with Crippen LogP contribution in [-0.2, 0) is 4.79 Å². The van der Waals surface area contributed by atoms with Gasteiger partial charge in [-0.05, 0) is 68.5 Å². The Bertz CT molecular complexity index is 1350. The Labute approximate surface area is 202 Å². The Morgan fingerprint density at radius 2 is 1.97 bits per heavy atom. The van der Waals surface area contributed by atoms with Crippen molar-refractivity contribution in [2.45, 2.75) is 37.3 Å². The molecule has 174 valence electrons. The summed E-state index contributed by atoms with van der Waals surface area (Å²) in [5, 5.41) is 13.5. The van der Waals surface area contributed by atoms with Crippen LogP contribution in [0, 0.1) is 0 Å². The number of carbonyl (C=O) groups excluding carboxylic acids is 1. The van der Waals surface area contributed by atoms with E-state index >= 15 is 0 Å². The second-order valence-corrected chi connectivity index (χ2v) is 9.26. The van der Waals surface area contributed by atoms with Gasteiger partial charge in [0.2, 0.25) is 5.91 Å². The molecule has 0 spiro atoms. The smallest absolute Gasteiger partial charge is 0.230 e. The molecule has 5 rings (SSSR count). The molecule has 0 bridgehead atoms. The molecule has 0 unspecified atom stereocenters. The fourth-order valence-corrected chi connectivity index (χ4v) is 5.03. The van der Waals surface area contributed by atoms with E-state index in [-0.39, 0.29) is 11.7 Å². The lowest BCUT2D eigenvalue weighted by molar-refractivity contribution is -0.118. The van der Waals surface area contributed by atoms with Crippen LogP contribution in [0.1, 0.15) is 32.1 Å². The molecule has 1 amide bonds. The van der Waals surface area contributed by atoms with E-state index < -0.39 is 0 Å². The van der Waals surface area contributed by atoms with E-state index in [4.69, 9.17) is 9.72 Å². The third-order valence-electron chi connectivity index (χ3n) is 6.05. The lowest BCUT2D eigenvalue weighted by Gasteiger charge is -2.13. The Hall–Kier alpha value is -3.39. The number of thioether (sulfide) groups is 1. The number of hydrogen-bond acceptors (Lipinski definition) is 6. The van der Waals surface area contributed by atoms with Crippen molar-refractivity contribution in [1.82, 2.24) is 24.9 Å². The molecule has 1 aliphatic rings. The Balaban J connectivity index is 1.38. The number of methoxy groups -OCH3 is 1. The van der Waals surface area contributed by atoms with E-state index in [9.17, 15) is 4.79 Å². The predicted molar refractivity (Wildman–Crippen MR) is 135 cm³/mol. The SMILES string of the molecule is COc1ccc(-c2nc3ccccc3c3nnc(SCC(=O)NCCC4=CCCCC4)n23)cc1. The van der Waals surface area contributed by atoms with Crippen molar-refractivity contribution >= 4 is 34.2 Å². The van der Waals surface area contributed by atoms with E-state index in [1.54, 1.807) is 7.11 Å². The highest BCUT2D eigenvalue weighted by atomic mass is 32.2. The first-order chi connectivity index (χ1) is 16.7. The minimum Gasteiger partial charge on any atom is -0.497 e. The summed E-state index contributed by atoms with van der Waals surface area (Å²) in [6.45, 7) is 0.676. The number of allylic oxidation sites excluding steroid dienone is 1. The predicted octanol–water partition coefficient (Wildman–Crippen LogP) is 5.05. The van der Waals surface area contributed by atoms with Gasteiger partial charge in [0.1, 0.15) is 11.6 Å². The van der Waals surface area contributed by atoms with Crippen molar-refractivity contribution in [3.8, 4) is 17.1 Å². The van der Waals surface area contributed by atoms with Gasteiger partial charge in [-0.15, -0.1) is 10.2 Å². The first-order valence-corrected chi connectivity index (χ1v) is 12.6. The third kappa shape index (κ3) is 4.77. The van der Waals surface area contributed by atoms with Gasteiger partial charge in [0.05, 0.1) is 18.4 Å². The van der Waals surface area contributed by atoms with Gasteiger partial charge >= 0.3 is 0 Å². The number of para-hydroxylation sites is 1. The molecule has 1 N–H and O–H groups in total. The molecular formula is C26H27N5O2S. The fourth-order valence-electron chi connectivity index (χ4n) is 4.26. The molecule has 2 heterocycles. The highest BCUT2D eigenvalue weighted by molar-refractivity contribution is 7.99. The van der Waals surface area contributed by atoms with Crippen molar-refractivity contribution in [1.29, 1.82) is 0 Å².